The lowest BCUT2D eigenvalue weighted by Gasteiger charge is -2.21. The molecule has 120 valence electrons. The van der Waals surface area contributed by atoms with Gasteiger partial charge in [-0.05, 0) is 30.0 Å². The van der Waals surface area contributed by atoms with Crippen LogP contribution in [0.25, 0.3) is 0 Å². The molecular weight excluding hydrogens is 292 g/mol. The number of nitrogens with one attached hydrogen (secondary N) is 1. The maximum absolute atomic E-state index is 12.4. The predicted octanol–water partition coefficient (Wildman–Crippen LogP) is 4.11. The maximum Gasteiger partial charge on any atom is 0.269 e. The summed E-state index contributed by atoms with van der Waals surface area (Å²) >= 11 is 0. The van der Waals surface area contributed by atoms with Crippen LogP contribution in [0.2, 0.25) is 0 Å². The van der Waals surface area contributed by atoms with Crippen molar-refractivity contribution in [3.05, 3.63) is 75.8 Å². The van der Waals surface area contributed by atoms with Crippen molar-refractivity contribution in [2.75, 3.05) is 0 Å². The summed E-state index contributed by atoms with van der Waals surface area (Å²) in [6.07, 6.45) is 0.822. The van der Waals surface area contributed by atoms with Crippen LogP contribution in [0.1, 0.15) is 42.2 Å². The van der Waals surface area contributed by atoms with Crippen molar-refractivity contribution in [1.29, 1.82) is 0 Å². The van der Waals surface area contributed by atoms with Crippen molar-refractivity contribution in [3.63, 3.8) is 0 Å². The highest BCUT2D eigenvalue weighted by Crippen LogP contribution is 2.22. The molecule has 0 bridgehead atoms. The fraction of sp³-hybridized carbons (Fsp3) is 0.278. The molecule has 5 nitrogen and oxygen atoms in total. The lowest BCUT2D eigenvalue weighted by atomic mass is 9.96. The fourth-order valence-corrected chi connectivity index (χ4v) is 2.41. The van der Waals surface area contributed by atoms with Crippen molar-refractivity contribution in [2.45, 2.75) is 26.3 Å². The van der Waals surface area contributed by atoms with Crippen molar-refractivity contribution in [3.8, 4) is 0 Å². The van der Waals surface area contributed by atoms with E-state index in [0.717, 1.165) is 12.0 Å². The molecule has 0 aliphatic carbocycles. The van der Waals surface area contributed by atoms with Gasteiger partial charge in [-0.1, -0.05) is 44.2 Å². The van der Waals surface area contributed by atoms with Gasteiger partial charge in [0.15, 0.2) is 0 Å². The Labute approximate surface area is 135 Å². The Kier molecular flexibility index (Phi) is 5.46. The average Bonchev–Trinajstić information content (AvgIpc) is 2.54. The van der Waals surface area contributed by atoms with Gasteiger partial charge in [-0.15, -0.1) is 0 Å². The molecule has 1 amide bonds. The van der Waals surface area contributed by atoms with Gasteiger partial charge in [0.05, 0.1) is 11.0 Å². The van der Waals surface area contributed by atoms with E-state index in [1.807, 2.05) is 30.3 Å². The molecule has 0 aromatic heterocycles. The Hall–Kier alpha value is -2.69. The SMILES string of the molecule is CC(C)C[C@H](NC(=O)c1ccc([N+](=O)[O-])cc1)c1ccccc1. The number of non-ortho nitro benzene ring substituents is 1. The van der Waals surface area contributed by atoms with Gasteiger partial charge in [-0.2, -0.15) is 0 Å². The van der Waals surface area contributed by atoms with Crippen LogP contribution in [0.3, 0.4) is 0 Å². The first-order chi connectivity index (χ1) is 11.0. The summed E-state index contributed by atoms with van der Waals surface area (Å²) in [5, 5.41) is 13.7. The third-order valence-corrected chi connectivity index (χ3v) is 3.55. The summed E-state index contributed by atoms with van der Waals surface area (Å²) in [7, 11) is 0. The molecule has 2 aromatic carbocycles. The number of nitro benzene ring substituents is 1. The standard InChI is InChI=1S/C18H20N2O3/c1-13(2)12-17(14-6-4-3-5-7-14)19-18(21)15-8-10-16(11-9-15)20(22)23/h3-11,13,17H,12H2,1-2H3,(H,19,21)/t17-/m0/s1. The third-order valence-electron chi connectivity index (χ3n) is 3.55. The molecule has 1 atom stereocenters. The molecule has 23 heavy (non-hydrogen) atoms. The largest absolute Gasteiger partial charge is 0.345 e. The van der Waals surface area contributed by atoms with E-state index in [-0.39, 0.29) is 17.6 Å². The zero-order valence-electron chi connectivity index (χ0n) is 13.2. The van der Waals surface area contributed by atoms with Gasteiger partial charge in [-0.25, -0.2) is 0 Å². The minimum atomic E-state index is -0.479. The Morgan fingerprint density at radius 1 is 1.09 bits per heavy atom. The van der Waals surface area contributed by atoms with E-state index in [1.54, 1.807) is 0 Å². The number of hydrogen-bond acceptors (Lipinski definition) is 3. The van der Waals surface area contributed by atoms with Gasteiger partial charge in [0.25, 0.3) is 11.6 Å². The van der Waals surface area contributed by atoms with E-state index in [9.17, 15) is 14.9 Å². The lowest BCUT2D eigenvalue weighted by Crippen LogP contribution is -2.29. The number of benzene rings is 2. The zero-order valence-corrected chi connectivity index (χ0v) is 13.2. The molecule has 1 N–H and O–H groups in total. The van der Waals surface area contributed by atoms with Crippen LogP contribution < -0.4 is 5.32 Å². The predicted molar refractivity (Wildman–Crippen MR) is 89.2 cm³/mol. The van der Waals surface area contributed by atoms with Gasteiger partial charge in [-0.3, -0.25) is 14.9 Å². The van der Waals surface area contributed by atoms with E-state index in [0.29, 0.717) is 11.5 Å². The van der Waals surface area contributed by atoms with Crippen LogP contribution in [-0.4, -0.2) is 10.8 Å². The molecule has 0 heterocycles. The highest BCUT2D eigenvalue weighted by molar-refractivity contribution is 5.94. The minimum Gasteiger partial charge on any atom is -0.345 e. The molecule has 2 aromatic rings. The van der Waals surface area contributed by atoms with Gasteiger partial charge in [0, 0.05) is 17.7 Å². The normalized spacial score (nSPS) is 12.0. The Bertz CT molecular complexity index is 666. The first-order valence-corrected chi connectivity index (χ1v) is 7.57. The molecule has 0 saturated heterocycles. The molecule has 0 aliphatic rings. The fourth-order valence-electron chi connectivity index (χ4n) is 2.41. The topological polar surface area (TPSA) is 72.2 Å². The quantitative estimate of drug-likeness (QED) is 0.644. The monoisotopic (exact) mass is 312 g/mol. The summed E-state index contributed by atoms with van der Waals surface area (Å²) in [5.74, 6) is 0.201. The Morgan fingerprint density at radius 2 is 1.70 bits per heavy atom. The molecule has 0 saturated carbocycles. The van der Waals surface area contributed by atoms with Gasteiger partial charge in [0.1, 0.15) is 0 Å². The van der Waals surface area contributed by atoms with Crippen molar-refractivity contribution in [1.82, 2.24) is 5.32 Å². The molecule has 0 unspecified atom stereocenters. The summed E-state index contributed by atoms with van der Waals surface area (Å²) in [5.41, 5.74) is 1.44. The second-order valence-corrected chi connectivity index (χ2v) is 5.87. The molecular formula is C18H20N2O3. The molecule has 0 radical (unpaired) electrons. The Morgan fingerprint density at radius 3 is 2.22 bits per heavy atom. The lowest BCUT2D eigenvalue weighted by molar-refractivity contribution is -0.384. The summed E-state index contributed by atoms with van der Waals surface area (Å²) in [6, 6.07) is 15.4. The first-order valence-electron chi connectivity index (χ1n) is 7.57. The minimum absolute atomic E-state index is 0.0247. The van der Waals surface area contributed by atoms with Crippen LogP contribution in [0, 0.1) is 16.0 Å². The molecule has 2 rings (SSSR count). The number of amides is 1. The second kappa shape index (κ2) is 7.54. The van der Waals surface area contributed by atoms with Crippen LogP contribution in [0.5, 0.6) is 0 Å². The molecule has 5 heteroatoms. The summed E-state index contributed by atoms with van der Waals surface area (Å²) in [4.78, 5) is 22.6. The average molecular weight is 312 g/mol. The van der Waals surface area contributed by atoms with Gasteiger partial charge >= 0.3 is 0 Å². The van der Waals surface area contributed by atoms with E-state index in [4.69, 9.17) is 0 Å². The zero-order chi connectivity index (χ0) is 16.8. The second-order valence-electron chi connectivity index (χ2n) is 5.87. The van der Waals surface area contributed by atoms with E-state index in [2.05, 4.69) is 19.2 Å². The number of rotatable bonds is 6. The molecule has 0 spiro atoms. The summed E-state index contributed by atoms with van der Waals surface area (Å²) < 4.78 is 0. The van der Waals surface area contributed by atoms with Crippen LogP contribution in [-0.2, 0) is 0 Å². The van der Waals surface area contributed by atoms with Gasteiger partial charge in [0.2, 0.25) is 0 Å². The third kappa shape index (κ3) is 4.64. The maximum atomic E-state index is 12.4. The highest BCUT2D eigenvalue weighted by atomic mass is 16.6. The summed E-state index contributed by atoms with van der Waals surface area (Å²) in [6.45, 7) is 4.21. The number of nitro groups is 1. The highest BCUT2D eigenvalue weighted by Gasteiger charge is 2.17. The van der Waals surface area contributed by atoms with E-state index in [1.165, 1.54) is 24.3 Å². The van der Waals surface area contributed by atoms with E-state index < -0.39 is 4.92 Å². The first kappa shape index (κ1) is 16.7. The number of nitrogens with zero attached hydrogens (tertiary/aromatic N) is 1. The van der Waals surface area contributed by atoms with Crippen molar-refractivity contribution >= 4 is 11.6 Å². The van der Waals surface area contributed by atoms with Crippen molar-refractivity contribution in [2.24, 2.45) is 5.92 Å². The van der Waals surface area contributed by atoms with Crippen LogP contribution >= 0.6 is 0 Å². The van der Waals surface area contributed by atoms with Gasteiger partial charge < -0.3 is 5.32 Å². The van der Waals surface area contributed by atoms with Crippen LogP contribution in [0.15, 0.2) is 54.6 Å². The molecule has 0 fully saturated rings. The van der Waals surface area contributed by atoms with Crippen molar-refractivity contribution < 1.29 is 9.72 Å². The van der Waals surface area contributed by atoms with Crippen LogP contribution in [0.4, 0.5) is 5.69 Å². The van der Waals surface area contributed by atoms with E-state index >= 15 is 0 Å². The molecule has 0 aliphatic heterocycles. The smallest absolute Gasteiger partial charge is 0.269 e. The number of carbonyl (C=O) groups excluding carboxylic acids is 1. The number of hydrogen-bond donors (Lipinski definition) is 1. The Balaban J connectivity index is 2.15. The number of carbonyl (C=O) groups is 1.